The van der Waals surface area contributed by atoms with Gasteiger partial charge in [0.05, 0.1) is 2.88 Å². The number of hydrogen-bond acceptors (Lipinski definition) is 2. The molecule has 0 saturated carbocycles. The van der Waals surface area contributed by atoms with Crippen molar-refractivity contribution in [2.75, 3.05) is 0 Å². The Kier molecular flexibility index (Phi) is 3.18. The zero-order chi connectivity index (χ0) is 12.5. The van der Waals surface area contributed by atoms with E-state index in [4.69, 9.17) is 0 Å². The van der Waals surface area contributed by atoms with E-state index in [0.29, 0.717) is 0 Å². The molecule has 0 fully saturated rings. The van der Waals surface area contributed by atoms with Crippen molar-refractivity contribution in [3.8, 4) is 0 Å². The van der Waals surface area contributed by atoms with Gasteiger partial charge in [0.15, 0.2) is 6.29 Å². The van der Waals surface area contributed by atoms with Gasteiger partial charge in [0.1, 0.15) is 0 Å². The molecule has 0 radical (unpaired) electrons. The fourth-order valence-corrected chi connectivity index (χ4v) is 3.71. The van der Waals surface area contributed by atoms with Gasteiger partial charge < -0.3 is 0 Å². The highest BCUT2D eigenvalue weighted by Gasteiger charge is 2.17. The molecule has 1 aromatic heterocycles. The van der Waals surface area contributed by atoms with Crippen LogP contribution >= 0.6 is 33.9 Å². The van der Waals surface area contributed by atoms with Gasteiger partial charge in [0, 0.05) is 10.5 Å². The van der Waals surface area contributed by atoms with E-state index >= 15 is 0 Å². The summed E-state index contributed by atoms with van der Waals surface area (Å²) in [4.78, 5) is 12.3. The van der Waals surface area contributed by atoms with Crippen molar-refractivity contribution in [3.05, 3.63) is 61.4 Å². The van der Waals surface area contributed by atoms with Crippen molar-refractivity contribution < 1.29 is 4.79 Å². The Bertz CT molecular complexity index is 679. The number of allylic oxidation sites excluding steroid dienone is 3. The van der Waals surface area contributed by atoms with Crippen molar-refractivity contribution in [3.63, 3.8) is 0 Å². The number of thiophene rings is 1. The monoisotopic (exact) mass is 364 g/mol. The maximum absolute atomic E-state index is 11.1. The number of benzene rings is 1. The van der Waals surface area contributed by atoms with Crippen LogP contribution in [0.4, 0.5) is 0 Å². The molecule has 0 amide bonds. The smallest absolute Gasteiger partial charge is 0.150 e. The molecule has 3 heteroatoms. The lowest BCUT2D eigenvalue weighted by molar-refractivity contribution is -0.103. The average molecular weight is 364 g/mol. The maximum Gasteiger partial charge on any atom is 0.150 e. The molecule has 3 rings (SSSR count). The minimum absolute atomic E-state index is 0.767. The molecule has 2 aromatic rings. The predicted molar refractivity (Wildman–Crippen MR) is 85.4 cm³/mol. The van der Waals surface area contributed by atoms with Gasteiger partial charge >= 0.3 is 0 Å². The highest BCUT2D eigenvalue weighted by Crippen LogP contribution is 2.36. The van der Waals surface area contributed by atoms with Crippen LogP contribution in [0.1, 0.15) is 16.0 Å². The van der Waals surface area contributed by atoms with Crippen LogP contribution in [0.3, 0.4) is 0 Å². The Morgan fingerprint density at radius 1 is 1.06 bits per heavy atom. The summed E-state index contributed by atoms with van der Waals surface area (Å²) in [7, 11) is 0. The van der Waals surface area contributed by atoms with E-state index in [0.717, 1.165) is 28.6 Å². The van der Waals surface area contributed by atoms with Gasteiger partial charge in [-0.25, -0.2) is 0 Å². The number of carbonyl (C=O) groups is 1. The molecule has 0 bridgehead atoms. The second-order valence-corrected chi connectivity index (χ2v) is 7.01. The van der Waals surface area contributed by atoms with Gasteiger partial charge in [0.2, 0.25) is 0 Å². The molecule has 0 atom stereocenters. The van der Waals surface area contributed by atoms with Crippen LogP contribution in [0.2, 0.25) is 0 Å². The SMILES string of the molecule is O=CC1=C/C(=C\c2ccc(I)s2)c2ccccc21. The summed E-state index contributed by atoms with van der Waals surface area (Å²) in [5.41, 5.74) is 4.06. The molecule has 0 saturated heterocycles. The van der Waals surface area contributed by atoms with E-state index in [-0.39, 0.29) is 0 Å². The van der Waals surface area contributed by atoms with Gasteiger partial charge in [-0.1, -0.05) is 24.3 Å². The van der Waals surface area contributed by atoms with Crippen LogP contribution in [0, 0.1) is 2.88 Å². The molecule has 1 nitrogen and oxygen atoms in total. The highest BCUT2D eigenvalue weighted by atomic mass is 127. The third kappa shape index (κ3) is 2.08. The second kappa shape index (κ2) is 4.82. The standard InChI is InChI=1S/C15H9IOS/c16-15-6-5-12(18-15)8-10-7-11(9-17)14-4-2-1-3-13(10)14/h1-9H/b10-8+. The number of halogens is 1. The summed E-state index contributed by atoms with van der Waals surface area (Å²) in [5, 5.41) is 0. The molecule has 88 valence electrons. The van der Waals surface area contributed by atoms with Crippen LogP contribution in [-0.4, -0.2) is 6.29 Å². The first kappa shape index (κ1) is 11.9. The molecule has 0 aliphatic heterocycles. The number of rotatable bonds is 2. The van der Waals surface area contributed by atoms with Gasteiger partial charge in [-0.3, -0.25) is 4.79 Å². The summed E-state index contributed by atoms with van der Waals surface area (Å²) in [5.74, 6) is 0. The molecule has 1 aliphatic rings. The average Bonchev–Trinajstić information content (AvgIpc) is 2.95. The number of aldehydes is 1. The Balaban J connectivity index is 2.12. The topological polar surface area (TPSA) is 17.1 Å². The predicted octanol–water partition coefficient (Wildman–Crippen LogP) is 4.49. The van der Waals surface area contributed by atoms with Crippen molar-refractivity contribution >= 4 is 57.4 Å². The molecule has 18 heavy (non-hydrogen) atoms. The fourth-order valence-electron chi connectivity index (χ4n) is 2.09. The Morgan fingerprint density at radius 2 is 1.83 bits per heavy atom. The molecule has 0 unspecified atom stereocenters. The van der Waals surface area contributed by atoms with Crippen LogP contribution in [-0.2, 0) is 4.79 Å². The van der Waals surface area contributed by atoms with Crippen LogP contribution in [0.5, 0.6) is 0 Å². The number of carbonyl (C=O) groups excluding carboxylic acids is 1. The van der Waals surface area contributed by atoms with Gasteiger partial charge in [0.25, 0.3) is 0 Å². The molecule has 1 heterocycles. The van der Waals surface area contributed by atoms with Crippen LogP contribution < -0.4 is 0 Å². The minimum Gasteiger partial charge on any atom is -0.298 e. The first-order valence-electron chi connectivity index (χ1n) is 5.51. The normalized spacial score (nSPS) is 15.6. The van der Waals surface area contributed by atoms with Gasteiger partial charge in [-0.15, -0.1) is 11.3 Å². The highest BCUT2D eigenvalue weighted by molar-refractivity contribution is 14.1. The maximum atomic E-state index is 11.1. The third-order valence-corrected chi connectivity index (χ3v) is 4.72. The molecular formula is C15H9IOS. The zero-order valence-corrected chi connectivity index (χ0v) is 12.4. The van der Waals surface area contributed by atoms with E-state index in [1.807, 2.05) is 24.3 Å². The Labute approximate surface area is 123 Å². The lowest BCUT2D eigenvalue weighted by Gasteiger charge is -2.00. The zero-order valence-electron chi connectivity index (χ0n) is 9.39. The van der Waals surface area contributed by atoms with E-state index in [1.165, 1.54) is 7.76 Å². The summed E-state index contributed by atoms with van der Waals surface area (Å²) in [6.45, 7) is 0. The van der Waals surface area contributed by atoms with E-state index in [2.05, 4.69) is 46.9 Å². The second-order valence-electron chi connectivity index (χ2n) is 4.00. The number of hydrogen-bond donors (Lipinski definition) is 0. The van der Waals surface area contributed by atoms with Gasteiger partial charge in [-0.05, 0) is 63.6 Å². The summed E-state index contributed by atoms with van der Waals surface area (Å²) in [6, 6.07) is 12.2. The fraction of sp³-hybridized carbons (Fsp3) is 0. The number of fused-ring (bicyclic) bond motifs is 1. The third-order valence-electron chi connectivity index (χ3n) is 2.88. The van der Waals surface area contributed by atoms with Crippen molar-refractivity contribution in [2.24, 2.45) is 0 Å². The Morgan fingerprint density at radius 3 is 2.50 bits per heavy atom. The van der Waals surface area contributed by atoms with Gasteiger partial charge in [-0.2, -0.15) is 0 Å². The Hall–Kier alpha value is -1.20. The minimum atomic E-state index is 0.767. The largest absolute Gasteiger partial charge is 0.298 e. The first-order chi connectivity index (χ1) is 8.78. The van der Waals surface area contributed by atoms with Crippen molar-refractivity contribution in [2.45, 2.75) is 0 Å². The summed E-state index contributed by atoms with van der Waals surface area (Å²) >= 11 is 4.07. The molecule has 0 spiro atoms. The lowest BCUT2D eigenvalue weighted by Crippen LogP contribution is -1.83. The first-order valence-corrected chi connectivity index (χ1v) is 7.41. The van der Waals surface area contributed by atoms with Crippen LogP contribution in [0.25, 0.3) is 17.2 Å². The molecule has 1 aliphatic carbocycles. The van der Waals surface area contributed by atoms with Crippen molar-refractivity contribution in [1.82, 2.24) is 0 Å². The van der Waals surface area contributed by atoms with Crippen molar-refractivity contribution in [1.29, 1.82) is 0 Å². The summed E-state index contributed by atoms with van der Waals surface area (Å²) < 4.78 is 1.27. The lowest BCUT2D eigenvalue weighted by atomic mass is 10.0. The molecular weight excluding hydrogens is 355 g/mol. The van der Waals surface area contributed by atoms with E-state index < -0.39 is 0 Å². The van der Waals surface area contributed by atoms with E-state index in [1.54, 1.807) is 11.3 Å². The van der Waals surface area contributed by atoms with Crippen LogP contribution in [0.15, 0.2) is 42.5 Å². The summed E-state index contributed by atoms with van der Waals surface area (Å²) in [6.07, 6.45) is 5.03. The molecule has 1 aromatic carbocycles. The molecule has 0 N–H and O–H groups in total. The quantitative estimate of drug-likeness (QED) is 0.567. The van der Waals surface area contributed by atoms with E-state index in [9.17, 15) is 4.79 Å².